The summed E-state index contributed by atoms with van der Waals surface area (Å²) in [5.41, 5.74) is 0.360. The second kappa shape index (κ2) is 8.63. The average Bonchev–Trinajstić information content (AvgIpc) is 3.11. The summed E-state index contributed by atoms with van der Waals surface area (Å²) in [6.45, 7) is 1.64. The smallest absolute Gasteiger partial charge is 0.277 e. The lowest BCUT2D eigenvalue weighted by Gasteiger charge is -2.11. The number of nitrogens with one attached hydrogen (secondary N) is 1. The fraction of sp³-hybridized carbons (Fsp3) is 0.167. The molecule has 3 rings (SSSR count). The summed E-state index contributed by atoms with van der Waals surface area (Å²) >= 11 is 1.02. The minimum Gasteiger partial charge on any atom is -0.478 e. The van der Waals surface area contributed by atoms with Crippen molar-refractivity contribution in [1.29, 1.82) is 0 Å². The number of anilines is 1. The highest BCUT2D eigenvalue weighted by Crippen LogP contribution is 2.25. The Hall–Kier alpha value is -2.94. The number of thioether (sulfide) groups is 1. The topological polar surface area (TPSA) is 77.2 Å². The number of hydrogen-bond donors (Lipinski definition) is 1. The zero-order chi connectivity index (χ0) is 19.2. The normalized spacial score (nSPS) is 11.8. The summed E-state index contributed by atoms with van der Waals surface area (Å²) in [6.07, 6.45) is -0.662. The molecule has 0 saturated heterocycles. The van der Waals surface area contributed by atoms with Gasteiger partial charge in [-0.25, -0.2) is 8.78 Å². The molecule has 27 heavy (non-hydrogen) atoms. The van der Waals surface area contributed by atoms with Crippen molar-refractivity contribution in [1.82, 2.24) is 10.2 Å². The van der Waals surface area contributed by atoms with Gasteiger partial charge < -0.3 is 14.5 Å². The van der Waals surface area contributed by atoms with Crippen molar-refractivity contribution in [3.8, 4) is 5.75 Å². The van der Waals surface area contributed by atoms with Gasteiger partial charge in [-0.15, -0.1) is 10.2 Å². The molecule has 0 spiro atoms. The van der Waals surface area contributed by atoms with E-state index in [0.29, 0.717) is 5.69 Å². The highest BCUT2D eigenvalue weighted by molar-refractivity contribution is 7.99. The molecule has 0 bridgehead atoms. The maximum Gasteiger partial charge on any atom is 0.277 e. The maximum absolute atomic E-state index is 13.6. The summed E-state index contributed by atoms with van der Waals surface area (Å²) < 4.78 is 37.6. The predicted molar refractivity (Wildman–Crippen MR) is 95.5 cm³/mol. The molecule has 2 aromatic carbocycles. The Morgan fingerprint density at radius 3 is 2.81 bits per heavy atom. The van der Waals surface area contributed by atoms with Gasteiger partial charge in [-0.05, 0) is 37.3 Å². The predicted octanol–water partition coefficient (Wildman–Crippen LogP) is 4.22. The molecule has 0 aliphatic heterocycles. The molecule has 0 fully saturated rings. The highest BCUT2D eigenvalue weighted by Gasteiger charge is 2.18. The number of rotatable bonds is 7. The van der Waals surface area contributed by atoms with E-state index in [0.717, 1.165) is 11.8 Å². The zero-order valence-corrected chi connectivity index (χ0v) is 15.0. The molecule has 1 aromatic heterocycles. The number of hydrogen-bond acceptors (Lipinski definition) is 6. The van der Waals surface area contributed by atoms with E-state index in [2.05, 4.69) is 15.5 Å². The van der Waals surface area contributed by atoms with E-state index in [4.69, 9.17) is 9.15 Å². The number of ether oxygens (including phenoxy) is 1. The Bertz CT molecular complexity index is 935. The summed E-state index contributed by atoms with van der Waals surface area (Å²) in [5.74, 6) is -1.04. The van der Waals surface area contributed by atoms with Crippen molar-refractivity contribution < 1.29 is 22.7 Å². The van der Waals surface area contributed by atoms with Gasteiger partial charge in [0.15, 0.2) is 17.7 Å². The average molecular weight is 391 g/mol. The van der Waals surface area contributed by atoms with Crippen LogP contribution in [0.3, 0.4) is 0 Å². The molecule has 0 radical (unpaired) electrons. The van der Waals surface area contributed by atoms with Gasteiger partial charge in [-0.1, -0.05) is 30.0 Å². The van der Waals surface area contributed by atoms with E-state index >= 15 is 0 Å². The van der Waals surface area contributed by atoms with Crippen LogP contribution in [-0.4, -0.2) is 21.9 Å². The Morgan fingerprint density at radius 2 is 2.04 bits per heavy atom. The van der Waals surface area contributed by atoms with Gasteiger partial charge in [0.05, 0.1) is 5.75 Å². The van der Waals surface area contributed by atoms with Crippen LogP contribution in [0.15, 0.2) is 58.2 Å². The zero-order valence-electron chi connectivity index (χ0n) is 14.2. The van der Waals surface area contributed by atoms with Crippen molar-refractivity contribution in [2.45, 2.75) is 18.3 Å². The van der Waals surface area contributed by atoms with Gasteiger partial charge in [0, 0.05) is 5.69 Å². The Kier molecular flexibility index (Phi) is 6.02. The molecule has 0 aliphatic rings. The van der Waals surface area contributed by atoms with Crippen molar-refractivity contribution in [2.75, 3.05) is 11.1 Å². The lowest BCUT2D eigenvalue weighted by Crippen LogP contribution is -2.14. The second-order valence-electron chi connectivity index (χ2n) is 5.44. The minimum absolute atomic E-state index is 0.000693. The van der Waals surface area contributed by atoms with E-state index in [-0.39, 0.29) is 28.5 Å². The van der Waals surface area contributed by atoms with E-state index < -0.39 is 17.7 Å². The summed E-state index contributed by atoms with van der Waals surface area (Å²) in [7, 11) is 0. The number of para-hydroxylation sites is 1. The monoisotopic (exact) mass is 391 g/mol. The fourth-order valence-electron chi connectivity index (χ4n) is 2.11. The number of carbonyl (C=O) groups excluding carboxylic acids is 1. The fourth-order valence-corrected chi connectivity index (χ4v) is 2.68. The summed E-state index contributed by atoms with van der Waals surface area (Å²) in [6, 6.07) is 11.6. The molecule has 6 nitrogen and oxygen atoms in total. The molecule has 0 aliphatic carbocycles. The number of aromatic nitrogens is 2. The molecular weight excluding hydrogens is 376 g/mol. The number of amides is 1. The van der Waals surface area contributed by atoms with Crippen LogP contribution >= 0.6 is 11.8 Å². The first-order chi connectivity index (χ1) is 13.0. The van der Waals surface area contributed by atoms with E-state index in [1.165, 1.54) is 30.3 Å². The second-order valence-corrected chi connectivity index (χ2v) is 6.37. The van der Waals surface area contributed by atoms with Crippen LogP contribution in [0.25, 0.3) is 0 Å². The number of benzene rings is 2. The molecule has 9 heteroatoms. The van der Waals surface area contributed by atoms with Crippen LogP contribution in [0.5, 0.6) is 5.75 Å². The molecule has 1 N–H and O–H groups in total. The SMILES string of the molecule is C[C@H](Oc1ccccc1F)c1nnc(SCC(=O)Nc2cccc(F)c2)o1. The van der Waals surface area contributed by atoms with Crippen LogP contribution < -0.4 is 10.1 Å². The lowest BCUT2D eigenvalue weighted by atomic mass is 10.3. The lowest BCUT2D eigenvalue weighted by molar-refractivity contribution is -0.113. The van der Waals surface area contributed by atoms with Crippen molar-refractivity contribution in [3.63, 3.8) is 0 Å². The third-order valence-electron chi connectivity index (χ3n) is 3.35. The van der Waals surface area contributed by atoms with Crippen molar-refractivity contribution >= 4 is 23.4 Å². The van der Waals surface area contributed by atoms with Crippen LogP contribution in [0.4, 0.5) is 14.5 Å². The van der Waals surface area contributed by atoms with Gasteiger partial charge >= 0.3 is 0 Å². The molecule has 1 heterocycles. The molecule has 140 valence electrons. The number of carbonyl (C=O) groups is 1. The third kappa shape index (κ3) is 5.27. The van der Waals surface area contributed by atoms with Crippen molar-refractivity contribution in [3.05, 3.63) is 66.1 Å². The number of halogens is 2. The largest absolute Gasteiger partial charge is 0.478 e. The standard InChI is InChI=1S/C18H15F2N3O3S/c1-11(25-15-8-3-2-7-14(15)20)17-22-23-18(26-17)27-10-16(24)21-13-6-4-5-12(19)9-13/h2-9,11H,10H2,1H3,(H,21,24)/t11-/m0/s1. The van der Waals surface area contributed by atoms with Crippen LogP contribution in [-0.2, 0) is 4.79 Å². The summed E-state index contributed by atoms with van der Waals surface area (Å²) in [5, 5.41) is 10.4. The molecular formula is C18H15F2N3O3S. The molecule has 1 amide bonds. The third-order valence-corrected chi connectivity index (χ3v) is 4.16. The van der Waals surface area contributed by atoms with E-state index in [9.17, 15) is 13.6 Å². The molecule has 3 aromatic rings. The molecule has 1 atom stereocenters. The van der Waals surface area contributed by atoms with Crippen LogP contribution in [0, 0.1) is 11.6 Å². The highest BCUT2D eigenvalue weighted by atomic mass is 32.2. The Morgan fingerprint density at radius 1 is 1.22 bits per heavy atom. The summed E-state index contributed by atoms with van der Waals surface area (Å²) in [4.78, 5) is 11.9. The maximum atomic E-state index is 13.6. The van der Waals surface area contributed by atoms with Gasteiger partial charge in [-0.3, -0.25) is 4.79 Å². The first-order valence-corrected chi connectivity index (χ1v) is 8.92. The van der Waals surface area contributed by atoms with E-state index in [1.54, 1.807) is 25.1 Å². The van der Waals surface area contributed by atoms with Gasteiger partial charge in [0.2, 0.25) is 5.91 Å². The molecule has 0 saturated carbocycles. The Balaban J connectivity index is 1.53. The van der Waals surface area contributed by atoms with Crippen LogP contribution in [0.1, 0.15) is 18.9 Å². The van der Waals surface area contributed by atoms with Crippen molar-refractivity contribution in [2.24, 2.45) is 0 Å². The first-order valence-electron chi connectivity index (χ1n) is 7.94. The van der Waals surface area contributed by atoms with Gasteiger partial charge in [0.1, 0.15) is 5.82 Å². The number of nitrogens with zero attached hydrogens (tertiary/aromatic N) is 2. The van der Waals surface area contributed by atoms with Gasteiger partial charge in [0.25, 0.3) is 11.1 Å². The van der Waals surface area contributed by atoms with Crippen LogP contribution in [0.2, 0.25) is 0 Å². The quantitative estimate of drug-likeness (QED) is 0.608. The van der Waals surface area contributed by atoms with Gasteiger partial charge in [-0.2, -0.15) is 0 Å². The first kappa shape index (κ1) is 18.8. The van der Waals surface area contributed by atoms with E-state index in [1.807, 2.05) is 0 Å². The Labute approximate surface area is 157 Å². The minimum atomic E-state index is -0.662. The molecule has 0 unspecified atom stereocenters.